The fourth-order valence-corrected chi connectivity index (χ4v) is 2.00. The van der Waals surface area contributed by atoms with E-state index < -0.39 is 0 Å². The highest BCUT2D eigenvalue weighted by atomic mass is 16.5. The van der Waals surface area contributed by atoms with Crippen LogP contribution in [0.5, 0.6) is 5.75 Å². The van der Waals surface area contributed by atoms with E-state index in [2.05, 4.69) is 20.0 Å². The molecule has 0 aliphatic carbocycles. The maximum Gasteiger partial charge on any atom is 0.146 e. The van der Waals surface area contributed by atoms with Gasteiger partial charge in [0.25, 0.3) is 0 Å². The molecule has 6 heteroatoms. The van der Waals surface area contributed by atoms with Gasteiger partial charge >= 0.3 is 0 Å². The Hall–Kier alpha value is -3.24. The van der Waals surface area contributed by atoms with Crippen LogP contribution in [0, 0.1) is 0 Å². The van der Waals surface area contributed by atoms with Crippen molar-refractivity contribution >= 4 is 5.69 Å². The molecule has 1 heterocycles. The maximum absolute atomic E-state index is 8.39. The van der Waals surface area contributed by atoms with Crippen LogP contribution >= 0.6 is 0 Å². The van der Waals surface area contributed by atoms with E-state index in [4.69, 9.17) is 10.3 Å². The Morgan fingerprint density at radius 3 is 2.59 bits per heavy atom. The van der Waals surface area contributed by atoms with Crippen molar-refractivity contribution in [1.82, 2.24) is 9.97 Å². The number of benzene rings is 2. The van der Waals surface area contributed by atoms with Gasteiger partial charge in [0, 0.05) is 22.4 Å². The van der Waals surface area contributed by atoms with Crippen LogP contribution in [0.15, 0.2) is 65.9 Å². The van der Waals surface area contributed by atoms with Crippen LogP contribution in [0.25, 0.3) is 21.7 Å². The fourth-order valence-electron chi connectivity index (χ4n) is 2.00. The Bertz CT molecular complexity index is 789. The molecule has 0 saturated heterocycles. The van der Waals surface area contributed by atoms with Gasteiger partial charge in [-0.25, -0.2) is 4.98 Å². The molecule has 0 bridgehead atoms. The minimum absolute atomic E-state index is 0.376. The highest BCUT2D eigenvalue weighted by Crippen LogP contribution is 2.21. The van der Waals surface area contributed by atoms with Gasteiger partial charge in [-0.15, -0.1) is 0 Å². The van der Waals surface area contributed by atoms with E-state index in [1.54, 1.807) is 12.1 Å². The molecule has 22 heavy (non-hydrogen) atoms. The van der Waals surface area contributed by atoms with Gasteiger partial charge in [0.1, 0.15) is 18.2 Å². The van der Waals surface area contributed by atoms with Gasteiger partial charge in [-0.05, 0) is 17.7 Å². The first-order valence-electron chi connectivity index (χ1n) is 6.73. The summed E-state index contributed by atoms with van der Waals surface area (Å²) in [6.45, 7) is 0.376. The normalized spacial score (nSPS) is 10.0. The fraction of sp³-hybridized carbons (Fsp3) is 0.0625. The Balaban J connectivity index is 1.69. The van der Waals surface area contributed by atoms with Gasteiger partial charge in [0.05, 0.1) is 5.69 Å². The minimum atomic E-state index is 0.376. The van der Waals surface area contributed by atoms with Gasteiger partial charge in [-0.1, -0.05) is 47.6 Å². The number of imidazole rings is 1. The molecule has 3 aromatic rings. The lowest BCUT2D eigenvalue weighted by atomic mass is 10.1. The minimum Gasteiger partial charge on any atom is -0.486 e. The number of nitrogens with one attached hydrogen (secondary N) is 1. The first-order chi connectivity index (χ1) is 10.8. The summed E-state index contributed by atoms with van der Waals surface area (Å²) >= 11 is 0. The van der Waals surface area contributed by atoms with Crippen molar-refractivity contribution in [3.63, 3.8) is 0 Å². The third-order valence-electron chi connectivity index (χ3n) is 3.07. The monoisotopic (exact) mass is 291 g/mol. The zero-order chi connectivity index (χ0) is 15.2. The van der Waals surface area contributed by atoms with Crippen molar-refractivity contribution in [2.75, 3.05) is 0 Å². The molecule has 0 fully saturated rings. The maximum atomic E-state index is 8.39. The second-order valence-electron chi connectivity index (χ2n) is 4.57. The van der Waals surface area contributed by atoms with Gasteiger partial charge in [-0.2, -0.15) is 0 Å². The third-order valence-corrected chi connectivity index (χ3v) is 3.07. The predicted octanol–water partition coefficient (Wildman–Crippen LogP) is 4.60. The molecule has 0 atom stereocenters. The van der Waals surface area contributed by atoms with Gasteiger partial charge < -0.3 is 9.72 Å². The van der Waals surface area contributed by atoms with Crippen LogP contribution < -0.4 is 4.74 Å². The molecular weight excluding hydrogens is 278 g/mol. The molecule has 6 nitrogen and oxygen atoms in total. The summed E-state index contributed by atoms with van der Waals surface area (Å²) in [7, 11) is 0. The van der Waals surface area contributed by atoms with Crippen LogP contribution in [0.4, 0.5) is 5.69 Å². The van der Waals surface area contributed by atoms with Crippen LogP contribution in [0.1, 0.15) is 5.82 Å². The lowest BCUT2D eigenvalue weighted by molar-refractivity contribution is 0.297. The summed E-state index contributed by atoms with van der Waals surface area (Å²) in [5, 5.41) is 3.54. The van der Waals surface area contributed by atoms with Gasteiger partial charge in [0.2, 0.25) is 0 Å². The summed E-state index contributed by atoms with van der Waals surface area (Å²) in [6.07, 6.45) is 1.83. The molecule has 3 rings (SSSR count). The first kappa shape index (κ1) is 13.7. The second-order valence-corrected chi connectivity index (χ2v) is 4.57. The topological polar surface area (TPSA) is 86.7 Å². The number of hydrogen-bond donors (Lipinski definition) is 1. The standard InChI is InChI=1S/C16H13N5O/c17-21-20-13-8-6-12(7-9-13)15-10-18-16(19-15)11-22-14-4-2-1-3-5-14/h1-10H,11H2,(H,18,19). The van der Waals surface area contributed by atoms with Crippen molar-refractivity contribution < 1.29 is 4.74 Å². The number of nitrogens with zero attached hydrogens (tertiary/aromatic N) is 4. The van der Waals surface area contributed by atoms with Gasteiger partial charge in [-0.3, -0.25) is 0 Å². The molecule has 0 aliphatic heterocycles. The number of aromatic nitrogens is 2. The van der Waals surface area contributed by atoms with E-state index in [-0.39, 0.29) is 0 Å². The molecule has 108 valence electrons. The lowest BCUT2D eigenvalue weighted by Crippen LogP contribution is -1.97. The van der Waals surface area contributed by atoms with E-state index in [0.717, 1.165) is 22.8 Å². The molecule has 0 spiro atoms. The van der Waals surface area contributed by atoms with Crippen molar-refractivity contribution in [3.05, 3.63) is 77.1 Å². The first-order valence-corrected chi connectivity index (χ1v) is 6.73. The predicted molar refractivity (Wildman–Crippen MR) is 83.6 cm³/mol. The lowest BCUT2D eigenvalue weighted by Gasteiger charge is -2.02. The summed E-state index contributed by atoms with van der Waals surface area (Å²) in [5.74, 6) is 1.55. The summed E-state index contributed by atoms with van der Waals surface area (Å²) in [5.41, 5.74) is 10.7. The SMILES string of the molecule is [N-]=[N+]=Nc1ccc(-c2c[nH]c(COc3ccccc3)n2)cc1. The number of para-hydroxylation sites is 1. The number of aromatic amines is 1. The molecular formula is C16H13N5O. The molecule has 0 unspecified atom stereocenters. The molecule has 0 aliphatic rings. The Kier molecular flexibility index (Phi) is 4.04. The highest BCUT2D eigenvalue weighted by molar-refractivity contribution is 5.61. The second kappa shape index (κ2) is 6.47. The van der Waals surface area contributed by atoms with E-state index in [0.29, 0.717) is 12.3 Å². The number of hydrogen-bond acceptors (Lipinski definition) is 3. The van der Waals surface area contributed by atoms with Crippen LogP contribution in [0.2, 0.25) is 0 Å². The molecule has 0 radical (unpaired) electrons. The zero-order valence-electron chi connectivity index (χ0n) is 11.7. The third kappa shape index (κ3) is 3.26. The van der Waals surface area contributed by atoms with E-state index >= 15 is 0 Å². The molecule has 0 amide bonds. The molecule has 0 saturated carbocycles. The zero-order valence-corrected chi connectivity index (χ0v) is 11.7. The van der Waals surface area contributed by atoms with E-state index in [1.807, 2.05) is 48.7 Å². The summed E-state index contributed by atoms with van der Waals surface area (Å²) in [4.78, 5) is 10.3. The Morgan fingerprint density at radius 1 is 1.09 bits per heavy atom. The highest BCUT2D eigenvalue weighted by Gasteiger charge is 2.04. The van der Waals surface area contributed by atoms with Crippen molar-refractivity contribution in [3.8, 4) is 17.0 Å². The molecule has 1 N–H and O–H groups in total. The Morgan fingerprint density at radius 2 is 1.86 bits per heavy atom. The van der Waals surface area contributed by atoms with Crippen molar-refractivity contribution in [2.45, 2.75) is 6.61 Å². The molecule has 2 aromatic carbocycles. The average molecular weight is 291 g/mol. The van der Waals surface area contributed by atoms with Crippen molar-refractivity contribution in [1.29, 1.82) is 0 Å². The Labute approximate surface area is 127 Å². The number of H-pyrrole nitrogens is 1. The van der Waals surface area contributed by atoms with E-state index in [9.17, 15) is 0 Å². The van der Waals surface area contributed by atoms with Crippen LogP contribution in [-0.4, -0.2) is 9.97 Å². The van der Waals surface area contributed by atoms with Crippen LogP contribution in [-0.2, 0) is 6.61 Å². The number of ether oxygens (including phenoxy) is 1. The van der Waals surface area contributed by atoms with E-state index in [1.165, 1.54) is 0 Å². The number of azide groups is 1. The van der Waals surface area contributed by atoms with Crippen molar-refractivity contribution in [2.24, 2.45) is 5.11 Å². The smallest absolute Gasteiger partial charge is 0.146 e. The molecule has 1 aromatic heterocycles. The largest absolute Gasteiger partial charge is 0.486 e. The van der Waals surface area contributed by atoms with Gasteiger partial charge in [0.15, 0.2) is 0 Å². The van der Waals surface area contributed by atoms with Crippen LogP contribution in [0.3, 0.4) is 0 Å². The number of rotatable bonds is 5. The summed E-state index contributed by atoms with van der Waals surface area (Å²) in [6, 6.07) is 16.8. The average Bonchev–Trinajstić information content (AvgIpc) is 3.04. The quantitative estimate of drug-likeness (QED) is 0.423. The summed E-state index contributed by atoms with van der Waals surface area (Å²) < 4.78 is 5.64.